The SMILES string of the molecule is CNC(CCOC)c1ccoc1. The Morgan fingerprint density at radius 2 is 2.50 bits per heavy atom. The molecule has 3 heteroatoms. The van der Waals surface area contributed by atoms with E-state index in [1.54, 1.807) is 19.6 Å². The standard InChI is InChI=1S/C9H15NO2/c1-10-9(4-5-11-2)8-3-6-12-7-8/h3,6-7,9-10H,4-5H2,1-2H3. The molecule has 12 heavy (non-hydrogen) atoms. The van der Waals surface area contributed by atoms with Crippen LogP contribution in [0, 0.1) is 0 Å². The highest BCUT2D eigenvalue weighted by molar-refractivity contribution is 5.10. The molecule has 0 aliphatic heterocycles. The number of hydrogen-bond donors (Lipinski definition) is 1. The van der Waals surface area contributed by atoms with Gasteiger partial charge in [0, 0.05) is 25.3 Å². The molecular formula is C9H15NO2. The Kier molecular flexibility index (Phi) is 3.84. The van der Waals surface area contributed by atoms with E-state index in [1.165, 1.54) is 5.56 Å². The van der Waals surface area contributed by atoms with Gasteiger partial charge in [-0.1, -0.05) is 0 Å². The quantitative estimate of drug-likeness (QED) is 0.726. The highest BCUT2D eigenvalue weighted by atomic mass is 16.5. The van der Waals surface area contributed by atoms with E-state index in [1.807, 2.05) is 13.1 Å². The van der Waals surface area contributed by atoms with Crippen LogP contribution in [0.2, 0.25) is 0 Å². The van der Waals surface area contributed by atoms with E-state index in [4.69, 9.17) is 9.15 Å². The summed E-state index contributed by atoms with van der Waals surface area (Å²) in [6.45, 7) is 0.761. The second kappa shape index (κ2) is 4.95. The zero-order chi connectivity index (χ0) is 8.81. The van der Waals surface area contributed by atoms with Crippen LogP contribution in [-0.2, 0) is 4.74 Å². The van der Waals surface area contributed by atoms with Crippen LogP contribution in [0.15, 0.2) is 23.0 Å². The van der Waals surface area contributed by atoms with Crippen LogP contribution < -0.4 is 5.32 Å². The second-order valence-corrected chi connectivity index (χ2v) is 2.68. The average Bonchev–Trinajstić information content (AvgIpc) is 2.59. The zero-order valence-electron chi connectivity index (χ0n) is 7.54. The molecule has 0 aliphatic rings. The molecule has 0 aromatic carbocycles. The van der Waals surface area contributed by atoms with Crippen LogP contribution in [0.4, 0.5) is 0 Å². The Labute approximate surface area is 72.7 Å². The molecule has 1 atom stereocenters. The van der Waals surface area contributed by atoms with E-state index < -0.39 is 0 Å². The van der Waals surface area contributed by atoms with Crippen molar-refractivity contribution < 1.29 is 9.15 Å². The smallest absolute Gasteiger partial charge is 0.0950 e. The number of methoxy groups -OCH3 is 1. The monoisotopic (exact) mass is 169 g/mol. The fourth-order valence-electron chi connectivity index (χ4n) is 1.19. The summed E-state index contributed by atoms with van der Waals surface area (Å²) < 4.78 is 10.00. The highest BCUT2D eigenvalue weighted by Gasteiger charge is 2.08. The maximum atomic E-state index is 5.00. The number of nitrogens with one attached hydrogen (secondary N) is 1. The number of hydrogen-bond acceptors (Lipinski definition) is 3. The third-order valence-electron chi connectivity index (χ3n) is 1.90. The van der Waals surface area contributed by atoms with Gasteiger partial charge in [0.2, 0.25) is 0 Å². The molecule has 1 unspecified atom stereocenters. The van der Waals surface area contributed by atoms with Crippen molar-refractivity contribution in [3.05, 3.63) is 24.2 Å². The highest BCUT2D eigenvalue weighted by Crippen LogP contribution is 2.16. The van der Waals surface area contributed by atoms with Crippen molar-refractivity contribution in [3.8, 4) is 0 Å². The molecule has 1 heterocycles. The van der Waals surface area contributed by atoms with Crippen molar-refractivity contribution in [2.45, 2.75) is 12.5 Å². The van der Waals surface area contributed by atoms with Gasteiger partial charge in [0.25, 0.3) is 0 Å². The van der Waals surface area contributed by atoms with Crippen LogP contribution in [0.5, 0.6) is 0 Å². The van der Waals surface area contributed by atoms with Gasteiger partial charge in [0.05, 0.1) is 12.5 Å². The predicted molar refractivity (Wildman–Crippen MR) is 47.0 cm³/mol. The first-order valence-corrected chi connectivity index (χ1v) is 4.06. The predicted octanol–water partition coefficient (Wildman–Crippen LogP) is 1.58. The van der Waals surface area contributed by atoms with E-state index in [9.17, 15) is 0 Å². The van der Waals surface area contributed by atoms with E-state index in [0.717, 1.165) is 13.0 Å². The molecule has 0 saturated carbocycles. The number of rotatable bonds is 5. The lowest BCUT2D eigenvalue weighted by Gasteiger charge is -2.12. The molecule has 0 fully saturated rings. The molecule has 1 aromatic heterocycles. The van der Waals surface area contributed by atoms with Crippen molar-refractivity contribution in [1.82, 2.24) is 5.32 Å². The fourth-order valence-corrected chi connectivity index (χ4v) is 1.19. The van der Waals surface area contributed by atoms with E-state index in [0.29, 0.717) is 6.04 Å². The first-order chi connectivity index (χ1) is 5.88. The summed E-state index contributed by atoms with van der Waals surface area (Å²) in [4.78, 5) is 0. The topological polar surface area (TPSA) is 34.4 Å². The minimum atomic E-state index is 0.337. The van der Waals surface area contributed by atoms with Crippen molar-refractivity contribution >= 4 is 0 Å². The van der Waals surface area contributed by atoms with Crippen LogP contribution in [0.1, 0.15) is 18.0 Å². The van der Waals surface area contributed by atoms with Gasteiger partial charge in [-0.2, -0.15) is 0 Å². The summed E-state index contributed by atoms with van der Waals surface area (Å²) >= 11 is 0. The van der Waals surface area contributed by atoms with Gasteiger partial charge in [0.15, 0.2) is 0 Å². The van der Waals surface area contributed by atoms with Crippen molar-refractivity contribution in [2.75, 3.05) is 20.8 Å². The fraction of sp³-hybridized carbons (Fsp3) is 0.556. The van der Waals surface area contributed by atoms with E-state index in [-0.39, 0.29) is 0 Å². The lowest BCUT2D eigenvalue weighted by atomic mass is 10.1. The van der Waals surface area contributed by atoms with Gasteiger partial charge < -0.3 is 14.5 Å². The zero-order valence-corrected chi connectivity index (χ0v) is 7.54. The van der Waals surface area contributed by atoms with Crippen molar-refractivity contribution in [2.24, 2.45) is 0 Å². The average molecular weight is 169 g/mol. The lowest BCUT2D eigenvalue weighted by molar-refractivity contribution is 0.184. The molecule has 1 rings (SSSR count). The molecule has 68 valence electrons. The molecule has 0 amide bonds. The Morgan fingerprint density at radius 3 is 3.00 bits per heavy atom. The van der Waals surface area contributed by atoms with Gasteiger partial charge in [0.1, 0.15) is 0 Å². The first kappa shape index (κ1) is 9.29. The molecule has 1 aromatic rings. The third kappa shape index (κ3) is 2.36. The Morgan fingerprint density at radius 1 is 1.67 bits per heavy atom. The van der Waals surface area contributed by atoms with Crippen LogP contribution in [-0.4, -0.2) is 20.8 Å². The summed E-state index contributed by atoms with van der Waals surface area (Å²) in [6.07, 6.45) is 4.41. The molecule has 0 radical (unpaired) electrons. The third-order valence-corrected chi connectivity index (χ3v) is 1.90. The summed E-state index contributed by atoms with van der Waals surface area (Å²) in [7, 11) is 3.65. The van der Waals surface area contributed by atoms with E-state index >= 15 is 0 Å². The molecule has 3 nitrogen and oxygen atoms in total. The Hall–Kier alpha value is -0.800. The molecule has 1 N–H and O–H groups in total. The summed E-state index contributed by atoms with van der Waals surface area (Å²) in [5.41, 5.74) is 1.18. The van der Waals surface area contributed by atoms with Gasteiger partial charge in [-0.3, -0.25) is 0 Å². The number of ether oxygens (including phenoxy) is 1. The van der Waals surface area contributed by atoms with E-state index in [2.05, 4.69) is 5.32 Å². The largest absolute Gasteiger partial charge is 0.472 e. The Bertz CT molecular complexity index is 196. The van der Waals surface area contributed by atoms with Gasteiger partial charge >= 0.3 is 0 Å². The second-order valence-electron chi connectivity index (χ2n) is 2.68. The first-order valence-electron chi connectivity index (χ1n) is 4.06. The Balaban J connectivity index is 2.45. The summed E-state index contributed by atoms with van der Waals surface area (Å²) in [5, 5.41) is 3.20. The van der Waals surface area contributed by atoms with Gasteiger partial charge in [-0.25, -0.2) is 0 Å². The molecule has 0 aliphatic carbocycles. The maximum absolute atomic E-state index is 5.00. The van der Waals surface area contributed by atoms with Crippen molar-refractivity contribution in [3.63, 3.8) is 0 Å². The van der Waals surface area contributed by atoms with Crippen LogP contribution >= 0.6 is 0 Å². The van der Waals surface area contributed by atoms with Crippen LogP contribution in [0.3, 0.4) is 0 Å². The summed E-state index contributed by atoms with van der Waals surface area (Å²) in [5.74, 6) is 0. The normalized spacial score (nSPS) is 13.2. The minimum Gasteiger partial charge on any atom is -0.472 e. The number of furan rings is 1. The molecule has 0 spiro atoms. The molecular weight excluding hydrogens is 154 g/mol. The van der Waals surface area contributed by atoms with Crippen molar-refractivity contribution in [1.29, 1.82) is 0 Å². The minimum absolute atomic E-state index is 0.337. The van der Waals surface area contributed by atoms with Gasteiger partial charge in [-0.05, 0) is 19.5 Å². The molecule has 0 bridgehead atoms. The van der Waals surface area contributed by atoms with Gasteiger partial charge in [-0.15, -0.1) is 0 Å². The maximum Gasteiger partial charge on any atom is 0.0950 e. The summed E-state index contributed by atoms with van der Waals surface area (Å²) in [6, 6.07) is 2.31. The van der Waals surface area contributed by atoms with Crippen LogP contribution in [0.25, 0.3) is 0 Å². The lowest BCUT2D eigenvalue weighted by Crippen LogP contribution is -2.17. The molecule has 0 saturated heterocycles.